The molecular formula is C41H52ClN3O8. The fourth-order valence-electron chi connectivity index (χ4n) is 8.51. The molecule has 53 heavy (non-hydrogen) atoms. The van der Waals surface area contributed by atoms with E-state index in [9.17, 15) is 19.5 Å². The number of aliphatic hydroxyl groups is 1. The number of para-hydroxylation sites is 1. The van der Waals surface area contributed by atoms with E-state index in [1.54, 1.807) is 36.4 Å². The second-order valence-electron chi connectivity index (χ2n) is 14.6. The molecule has 0 aliphatic carbocycles. The van der Waals surface area contributed by atoms with E-state index in [1.807, 2.05) is 45.0 Å². The molecule has 2 aromatic carbocycles. The number of carbonyl (C=O) groups excluding carboxylic acids is 4. The number of carbonyl (C=O) groups is 4. The largest absolute Gasteiger partial charge is 0.455 e. The van der Waals surface area contributed by atoms with Gasteiger partial charge in [0.1, 0.15) is 17.7 Å². The Hall–Kier alpha value is -4.03. The van der Waals surface area contributed by atoms with Crippen molar-refractivity contribution in [1.82, 2.24) is 10.2 Å². The zero-order valence-electron chi connectivity index (χ0n) is 31.0. The third-order valence-corrected chi connectivity index (χ3v) is 10.9. The number of esters is 1. The zero-order valence-corrected chi connectivity index (χ0v) is 31.8. The van der Waals surface area contributed by atoms with Gasteiger partial charge in [-0.3, -0.25) is 19.2 Å². The van der Waals surface area contributed by atoms with Crippen molar-refractivity contribution in [2.45, 2.75) is 88.8 Å². The van der Waals surface area contributed by atoms with E-state index in [-0.39, 0.29) is 38.0 Å². The van der Waals surface area contributed by atoms with Gasteiger partial charge in [-0.05, 0) is 55.7 Å². The number of amides is 3. The molecular weight excluding hydrogens is 698 g/mol. The Balaban J connectivity index is 1.56. The Bertz CT molecular complexity index is 1650. The van der Waals surface area contributed by atoms with Gasteiger partial charge in [0, 0.05) is 20.1 Å². The average Bonchev–Trinajstić information content (AvgIpc) is 3.78. The molecule has 3 fully saturated rings. The van der Waals surface area contributed by atoms with Gasteiger partial charge in [-0.25, -0.2) is 0 Å². The van der Waals surface area contributed by atoms with Crippen LogP contribution in [0, 0.1) is 24.7 Å². The van der Waals surface area contributed by atoms with Gasteiger partial charge in [0.2, 0.25) is 11.8 Å². The minimum Gasteiger partial charge on any atom is -0.455 e. The highest BCUT2D eigenvalue weighted by molar-refractivity contribution is 6.34. The van der Waals surface area contributed by atoms with Gasteiger partial charge >= 0.3 is 5.97 Å². The molecule has 11 nitrogen and oxygen atoms in total. The summed E-state index contributed by atoms with van der Waals surface area (Å²) < 4.78 is 18.5. The van der Waals surface area contributed by atoms with Crippen molar-refractivity contribution in [3.63, 3.8) is 0 Å². The van der Waals surface area contributed by atoms with Crippen LogP contribution in [0.5, 0.6) is 0 Å². The van der Waals surface area contributed by atoms with E-state index < -0.39 is 65.6 Å². The van der Waals surface area contributed by atoms with Crippen molar-refractivity contribution in [3.8, 4) is 0 Å². The van der Waals surface area contributed by atoms with Crippen LogP contribution in [-0.4, -0.2) is 90.4 Å². The van der Waals surface area contributed by atoms with Crippen LogP contribution >= 0.6 is 11.6 Å². The highest BCUT2D eigenvalue weighted by Gasteiger charge is 2.76. The van der Waals surface area contributed by atoms with Crippen LogP contribution in [0.1, 0.15) is 63.2 Å². The monoisotopic (exact) mass is 749 g/mol. The lowest BCUT2D eigenvalue weighted by Gasteiger charge is -2.40. The van der Waals surface area contributed by atoms with Crippen LogP contribution in [0.25, 0.3) is 0 Å². The van der Waals surface area contributed by atoms with Crippen molar-refractivity contribution in [2.24, 2.45) is 17.8 Å². The van der Waals surface area contributed by atoms with E-state index in [4.69, 9.17) is 25.8 Å². The number of hydrogen-bond acceptors (Lipinski definition) is 8. The summed E-state index contributed by atoms with van der Waals surface area (Å²) in [7, 11) is 1.50. The van der Waals surface area contributed by atoms with Gasteiger partial charge in [-0.15, -0.1) is 13.2 Å². The molecule has 3 aliphatic rings. The number of anilines is 1. The lowest BCUT2D eigenvalue weighted by atomic mass is 9.70. The van der Waals surface area contributed by atoms with Gasteiger partial charge < -0.3 is 34.4 Å². The van der Waals surface area contributed by atoms with Crippen LogP contribution < -0.4 is 10.2 Å². The number of hydrogen-bond donors (Lipinski definition) is 2. The number of benzene rings is 2. The summed E-state index contributed by atoms with van der Waals surface area (Å²) in [5.41, 5.74) is 0.509. The number of halogens is 1. The average molecular weight is 750 g/mol. The van der Waals surface area contributed by atoms with Crippen molar-refractivity contribution >= 4 is 41.0 Å². The second-order valence-corrected chi connectivity index (χ2v) is 15.0. The minimum absolute atomic E-state index is 0.0436. The first-order valence-corrected chi connectivity index (χ1v) is 18.7. The summed E-state index contributed by atoms with van der Waals surface area (Å²) in [5.74, 6) is -3.83. The third-order valence-electron chi connectivity index (χ3n) is 10.6. The third kappa shape index (κ3) is 7.94. The SMILES string of the molecule is C=CCCC(=O)N[C@@H](COC)[C@@H](OC(=O)[C@@H]1[C@@H]2CC[C@]3(O2)[C@H](C(=O)N(CC=C)c2c(C)cccc2Cl)N([C@@H](CO)CC(C)C)C(=O)[C@@H]13)c1ccccc1. The van der Waals surface area contributed by atoms with E-state index in [0.29, 0.717) is 42.0 Å². The van der Waals surface area contributed by atoms with Crippen LogP contribution in [-0.2, 0) is 33.4 Å². The topological polar surface area (TPSA) is 135 Å². The first-order chi connectivity index (χ1) is 25.4. The molecule has 3 saturated heterocycles. The molecule has 12 heteroatoms. The molecule has 0 aromatic heterocycles. The molecule has 2 N–H and O–H groups in total. The normalized spacial score (nSPS) is 24.7. The van der Waals surface area contributed by atoms with Crippen molar-refractivity contribution in [3.05, 3.63) is 90.0 Å². The molecule has 5 rings (SSSR count). The summed E-state index contributed by atoms with van der Waals surface area (Å²) >= 11 is 6.71. The van der Waals surface area contributed by atoms with Crippen molar-refractivity contribution < 1.29 is 38.5 Å². The van der Waals surface area contributed by atoms with Gasteiger partial charge in [0.05, 0.1) is 53.9 Å². The number of fused-ring (bicyclic) bond motifs is 1. The van der Waals surface area contributed by atoms with Crippen LogP contribution in [0.4, 0.5) is 5.69 Å². The molecule has 3 amide bonds. The van der Waals surface area contributed by atoms with Gasteiger partial charge in [0.15, 0.2) is 0 Å². The molecule has 2 bridgehead atoms. The molecule has 286 valence electrons. The summed E-state index contributed by atoms with van der Waals surface area (Å²) in [6.07, 6.45) is 3.43. The molecule has 0 unspecified atom stereocenters. The molecule has 2 aromatic rings. The van der Waals surface area contributed by atoms with E-state index >= 15 is 4.79 Å². The van der Waals surface area contributed by atoms with Gasteiger partial charge in [-0.2, -0.15) is 0 Å². The maximum atomic E-state index is 15.1. The second kappa shape index (κ2) is 17.4. The molecule has 0 saturated carbocycles. The maximum absolute atomic E-state index is 15.1. The smallest absolute Gasteiger partial charge is 0.313 e. The van der Waals surface area contributed by atoms with Crippen LogP contribution in [0.15, 0.2) is 73.8 Å². The predicted molar refractivity (Wildman–Crippen MR) is 202 cm³/mol. The quantitative estimate of drug-likeness (QED) is 0.154. The lowest BCUT2D eigenvalue weighted by Crippen LogP contribution is -2.59. The predicted octanol–water partition coefficient (Wildman–Crippen LogP) is 5.33. The lowest BCUT2D eigenvalue weighted by molar-refractivity contribution is -0.163. The van der Waals surface area contributed by atoms with Crippen LogP contribution in [0.3, 0.4) is 0 Å². The molecule has 3 heterocycles. The summed E-state index contributed by atoms with van der Waals surface area (Å²) in [5, 5.41) is 14.1. The number of nitrogens with zero attached hydrogens (tertiary/aromatic N) is 2. The Morgan fingerprint density at radius 3 is 2.51 bits per heavy atom. The number of ether oxygens (including phenoxy) is 3. The minimum atomic E-state index is -1.37. The Labute approximate surface area is 317 Å². The highest BCUT2D eigenvalue weighted by atomic mass is 35.5. The number of aryl methyl sites for hydroxylation is 1. The maximum Gasteiger partial charge on any atom is 0.313 e. The number of nitrogens with one attached hydrogen (secondary N) is 1. The number of likely N-dealkylation sites (tertiary alicyclic amines) is 1. The molecule has 1 spiro atoms. The first kappa shape index (κ1) is 40.2. The zero-order chi connectivity index (χ0) is 38.4. The fourth-order valence-corrected chi connectivity index (χ4v) is 8.83. The number of aliphatic hydroxyl groups excluding tert-OH is 1. The van der Waals surface area contributed by atoms with E-state index in [0.717, 1.165) is 5.56 Å². The summed E-state index contributed by atoms with van der Waals surface area (Å²) in [4.78, 5) is 60.5. The van der Waals surface area contributed by atoms with Crippen molar-refractivity contribution in [1.29, 1.82) is 0 Å². The standard InChI is InChI=1S/C41H52ClN3O8/c1-7-9-18-32(47)43-30(24-51-6)36(27-15-11-10-12-16-27)52-40(50)33-31-19-20-41(53-31)34(33)38(48)45(28(23-46)22-25(3)4)37(41)39(49)44(21-8-2)35-26(5)14-13-17-29(35)42/h7-8,10-17,25,28,30-31,33-34,36-37,46H,1-2,9,18-24H2,3-6H3,(H,43,47)/t28-,30+,31+,33-,34-,36+,37+,41-/m1/s1. The number of rotatable bonds is 18. The molecule has 3 aliphatic heterocycles. The fraction of sp³-hybridized carbons (Fsp3) is 0.512. The van der Waals surface area contributed by atoms with Gasteiger partial charge in [-0.1, -0.05) is 80.1 Å². The molecule has 8 atom stereocenters. The van der Waals surface area contributed by atoms with Gasteiger partial charge in [0.25, 0.3) is 5.91 Å². The Morgan fingerprint density at radius 2 is 1.89 bits per heavy atom. The first-order valence-electron chi connectivity index (χ1n) is 18.4. The van der Waals surface area contributed by atoms with Crippen LogP contribution in [0.2, 0.25) is 5.02 Å². The summed E-state index contributed by atoms with van der Waals surface area (Å²) in [6.45, 7) is 13.2. The summed E-state index contributed by atoms with van der Waals surface area (Å²) in [6, 6.07) is 11.8. The highest BCUT2D eigenvalue weighted by Crippen LogP contribution is 2.60. The van der Waals surface area contributed by atoms with E-state index in [1.165, 1.54) is 16.9 Å². The van der Waals surface area contributed by atoms with E-state index in [2.05, 4.69) is 18.5 Å². The Kier molecular flexibility index (Phi) is 13.2. The molecule has 0 radical (unpaired) electrons. The van der Waals surface area contributed by atoms with Crippen molar-refractivity contribution in [2.75, 3.05) is 31.8 Å². The Morgan fingerprint density at radius 1 is 1.15 bits per heavy atom. The number of allylic oxidation sites excluding steroid dienone is 1. The number of methoxy groups -OCH3 is 1.